The van der Waals surface area contributed by atoms with Gasteiger partial charge in [0.25, 0.3) is 5.91 Å². The largest absolute Gasteiger partial charge is 0.359 e. The summed E-state index contributed by atoms with van der Waals surface area (Å²) in [4.78, 5) is 19.7. The molecule has 0 aromatic carbocycles. The third kappa shape index (κ3) is 2.63. The first-order valence-electron chi connectivity index (χ1n) is 8.89. The van der Waals surface area contributed by atoms with Gasteiger partial charge in [-0.3, -0.25) is 4.79 Å². The second kappa shape index (κ2) is 5.80. The molecule has 2 fully saturated rings. The molecule has 3 aliphatic rings. The SMILES string of the molecule is Cc1cccc(C(=O)NC23CCCC(N4C=CSC4C)(CC2)C3)n1. The van der Waals surface area contributed by atoms with Gasteiger partial charge < -0.3 is 10.2 Å². The predicted molar refractivity (Wildman–Crippen MR) is 97.6 cm³/mol. The Bertz CT molecular complexity index is 691. The van der Waals surface area contributed by atoms with Crippen molar-refractivity contribution in [1.82, 2.24) is 15.2 Å². The molecule has 5 heteroatoms. The first-order chi connectivity index (χ1) is 11.5. The molecular formula is C19H25N3OS. The highest BCUT2D eigenvalue weighted by molar-refractivity contribution is 8.02. The number of aryl methyl sites for hydroxylation is 1. The van der Waals surface area contributed by atoms with Crippen LogP contribution in [0.2, 0.25) is 0 Å². The number of carbonyl (C=O) groups excluding carboxylic acids is 1. The number of fused-ring (bicyclic) bond motifs is 2. The van der Waals surface area contributed by atoms with Crippen LogP contribution in [0.1, 0.15) is 61.6 Å². The zero-order valence-corrected chi connectivity index (χ0v) is 15.2. The highest BCUT2D eigenvalue weighted by Gasteiger charge is 2.55. The number of aromatic nitrogens is 1. The van der Waals surface area contributed by atoms with Gasteiger partial charge in [-0.1, -0.05) is 6.07 Å². The number of hydrogen-bond acceptors (Lipinski definition) is 4. The zero-order chi connectivity index (χ0) is 16.8. The van der Waals surface area contributed by atoms with E-state index < -0.39 is 0 Å². The summed E-state index contributed by atoms with van der Waals surface area (Å²) < 4.78 is 0. The van der Waals surface area contributed by atoms with E-state index in [1.807, 2.05) is 36.9 Å². The second-order valence-electron chi connectivity index (χ2n) is 7.58. The van der Waals surface area contributed by atoms with Crippen molar-refractivity contribution in [2.75, 3.05) is 0 Å². The minimum absolute atomic E-state index is 0.0178. The summed E-state index contributed by atoms with van der Waals surface area (Å²) in [5, 5.41) is 6.09. The number of thioether (sulfide) groups is 1. The zero-order valence-electron chi connectivity index (χ0n) is 14.4. The van der Waals surface area contributed by atoms with Gasteiger partial charge in [-0.2, -0.15) is 0 Å². The van der Waals surface area contributed by atoms with Crippen LogP contribution in [-0.2, 0) is 0 Å². The van der Waals surface area contributed by atoms with Crippen LogP contribution >= 0.6 is 11.8 Å². The molecule has 1 N–H and O–H groups in total. The number of nitrogens with zero attached hydrogens (tertiary/aromatic N) is 2. The molecule has 3 atom stereocenters. The number of pyridine rings is 1. The van der Waals surface area contributed by atoms with Gasteiger partial charge in [0.15, 0.2) is 0 Å². The molecule has 0 spiro atoms. The minimum atomic E-state index is -0.0540. The van der Waals surface area contributed by atoms with Crippen LogP contribution in [0, 0.1) is 6.92 Å². The molecule has 1 aliphatic heterocycles. The average molecular weight is 343 g/mol. The summed E-state index contributed by atoms with van der Waals surface area (Å²) in [5.41, 5.74) is 1.60. The highest BCUT2D eigenvalue weighted by atomic mass is 32.2. The van der Waals surface area contributed by atoms with Gasteiger partial charge in [0, 0.05) is 23.0 Å². The maximum atomic E-state index is 12.7. The number of amides is 1. The Morgan fingerprint density at radius 1 is 1.33 bits per heavy atom. The number of carbonyl (C=O) groups is 1. The van der Waals surface area contributed by atoms with Gasteiger partial charge in [-0.05, 0) is 69.9 Å². The lowest BCUT2D eigenvalue weighted by molar-refractivity contribution is 0.0756. The van der Waals surface area contributed by atoms with Crippen LogP contribution in [0.5, 0.6) is 0 Å². The standard InChI is InChI=1S/C19H25N3OS/c1-14-5-3-6-16(20-14)17(23)21-18-7-4-8-19(13-18,10-9-18)22-11-12-24-15(22)2/h3,5-6,11-12,15H,4,7-10,13H2,1-2H3,(H,21,23). The van der Waals surface area contributed by atoms with Crippen LogP contribution in [0.25, 0.3) is 0 Å². The highest BCUT2D eigenvalue weighted by Crippen LogP contribution is 2.53. The van der Waals surface area contributed by atoms with Gasteiger partial charge >= 0.3 is 0 Å². The van der Waals surface area contributed by atoms with E-state index in [-0.39, 0.29) is 17.0 Å². The van der Waals surface area contributed by atoms with E-state index in [9.17, 15) is 4.79 Å². The van der Waals surface area contributed by atoms with Crippen LogP contribution in [0.3, 0.4) is 0 Å². The van der Waals surface area contributed by atoms with Gasteiger partial charge in [-0.25, -0.2) is 4.98 Å². The molecule has 24 heavy (non-hydrogen) atoms. The van der Waals surface area contributed by atoms with Gasteiger partial charge in [-0.15, -0.1) is 11.8 Å². The molecule has 4 nitrogen and oxygen atoms in total. The van der Waals surface area contributed by atoms with Crippen molar-refractivity contribution in [3.05, 3.63) is 41.2 Å². The molecule has 2 heterocycles. The van der Waals surface area contributed by atoms with Crippen molar-refractivity contribution in [2.45, 2.75) is 68.8 Å². The molecule has 2 bridgehead atoms. The van der Waals surface area contributed by atoms with Crippen molar-refractivity contribution < 1.29 is 4.79 Å². The Kier molecular flexibility index (Phi) is 3.87. The lowest BCUT2D eigenvalue weighted by atomic mass is 9.77. The fourth-order valence-corrected chi connectivity index (χ4v) is 5.75. The smallest absolute Gasteiger partial charge is 0.270 e. The first-order valence-corrected chi connectivity index (χ1v) is 9.83. The van der Waals surface area contributed by atoms with Gasteiger partial charge in [0.05, 0.1) is 5.37 Å². The normalized spacial score (nSPS) is 34.6. The molecule has 1 aromatic rings. The third-order valence-electron chi connectivity index (χ3n) is 5.97. The quantitative estimate of drug-likeness (QED) is 0.906. The van der Waals surface area contributed by atoms with Gasteiger partial charge in [0.2, 0.25) is 0 Å². The maximum Gasteiger partial charge on any atom is 0.270 e. The molecule has 4 rings (SSSR count). The Hall–Kier alpha value is -1.49. The van der Waals surface area contributed by atoms with Crippen molar-refractivity contribution in [3.63, 3.8) is 0 Å². The molecule has 3 unspecified atom stereocenters. The van der Waals surface area contributed by atoms with E-state index in [4.69, 9.17) is 0 Å². The summed E-state index contributed by atoms with van der Waals surface area (Å²) >= 11 is 1.89. The van der Waals surface area contributed by atoms with Crippen molar-refractivity contribution in [1.29, 1.82) is 0 Å². The van der Waals surface area contributed by atoms with Crippen LogP contribution in [0.15, 0.2) is 29.8 Å². The van der Waals surface area contributed by atoms with E-state index in [0.29, 0.717) is 11.1 Å². The molecule has 0 saturated heterocycles. The van der Waals surface area contributed by atoms with E-state index in [2.05, 4.69) is 33.7 Å². The van der Waals surface area contributed by atoms with Crippen LogP contribution in [0.4, 0.5) is 0 Å². The summed E-state index contributed by atoms with van der Waals surface area (Å²) in [7, 11) is 0. The Morgan fingerprint density at radius 3 is 2.96 bits per heavy atom. The van der Waals surface area contributed by atoms with E-state index >= 15 is 0 Å². The summed E-state index contributed by atoms with van der Waals surface area (Å²) in [6.45, 7) is 4.21. The van der Waals surface area contributed by atoms with Crippen molar-refractivity contribution in [3.8, 4) is 0 Å². The fraction of sp³-hybridized carbons (Fsp3) is 0.579. The van der Waals surface area contributed by atoms with Crippen LogP contribution in [-0.4, -0.2) is 32.2 Å². The van der Waals surface area contributed by atoms with E-state index in [1.165, 1.54) is 19.3 Å². The minimum Gasteiger partial charge on any atom is -0.359 e. The van der Waals surface area contributed by atoms with Crippen molar-refractivity contribution in [2.24, 2.45) is 0 Å². The second-order valence-corrected chi connectivity index (χ2v) is 8.81. The summed E-state index contributed by atoms with van der Waals surface area (Å²) in [6.07, 6.45) is 9.08. The molecule has 1 amide bonds. The third-order valence-corrected chi connectivity index (χ3v) is 6.87. The molecule has 2 saturated carbocycles. The number of nitrogens with one attached hydrogen (secondary N) is 1. The number of hydrogen-bond donors (Lipinski definition) is 1. The summed E-state index contributed by atoms with van der Waals surface area (Å²) in [5.74, 6) is -0.0178. The molecule has 0 radical (unpaired) electrons. The Labute approximate surface area is 148 Å². The fourth-order valence-electron chi connectivity index (χ4n) is 4.90. The summed E-state index contributed by atoms with van der Waals surface area (Å²) in [6, 6.07) is 5.64. The first kappa shape index (κ1) is 16.0. The monoisotopic (exact) mass is 343 g/mol. The number of rotatable bonds is 3. The van der Waals surface area contributed by atoms with E-state index in [0.717, 1.165) is 25.0 Å². The topological polar surface area (TPSA) is 45.2 Å². The average Bonchev–Trinajstić information content (AvgIpc) is 3.10. The molecule has 2 aliphatic carbocycles. The van der Waals surface area contributed by atoms with E-state index in [1.54, 1.807) is 0 Å². The molecule has 128 valence electrons. The Balaban J connectivity index is 1.54. The molecular weight excluding hydrogens is 318 g/mol. The van der Waals surface area contributed by atoms with Gasteiger partial charge in [0.1, 0.15) is 5.69 Å². The molecule has 1 aromatic heterocycles. The lowest BCUT2D eigenvalue weighted by Crippen LogP contribution is -2.54. The predicted octanol–water partition coefficient (Wildman–Crippen LogP) is 3.83. The lowest BCUT2D eigenvalue weighted by Gasteiger charge is -2.47. The van der Waals surface area contributed by atoms with Crippen molar-refractivity contribution >= 4 is 17.7 Å². The van der Waals surface area contributed by atoms with Crippen LogP contribution < -0.4 is 5.32 Å². The Morgan fingerprint density at radius 2 is 2.21 bits per heavy atom. The maximum absolute atomic E-state index is 12.7.